The van der Waals surface area contributed by atoms with Gasteiger partial charge in [-0.2, -0.15) is 0 Å². The van der Waals surface area contributed by atoms with Crippen LogP contribution in [0.4, 0.5) is 0 Å². The van der Waals surface area contributed by atoms with Crippen molar-refractivity contribution < 1.29 is 16.8 Å². The van der Waals surface area contributed by atoms with Crippen LogP contribution < -0.4 is 5.32 Å². The summed E-state index contributed by atoms with van der Waals surface area (Å²) in [6.07, 6.45) is 2.35. The Balaban J connectivity index is 2.60. The Morgan fingerprint density at radius 2 is 2.06 bits per heavy atom. The van der Waals surface area contributed by atoms with Gasteiger partial charge in [0.25, 0.3) is 0 Å². The molecule has 1 rings (SSSR count). The van der Waals surface area contributed by atoms with E-state index >= 15 is 0 Å². The lowest BCUT2D eigenvalue weighted by Gasteiger charge is -2.23. The minimum atomic E-state index is -2.99. The largest absolute Gasteiger partial charge is 0.314 e. The van der Waals surface area contributed by atoms with E-state index in [0.29, 0.717) is 12.8 Å². The van der Waals surface area contributed by atoms with Crippen LogP contribution in [0.2, 0.25) is 0 Å². The Labute approximate surface area is 104 Å². The first-order valence-electron chi connectivity index (χ1n) is 5.85. The van der Waals surface area contributed by atoms with E-state index in [0.717, 1.165) is 6.54 Å². The molecule has 0 aliphatic carbocycles. The van der Waals surface area contributed by atoms with Crippen molar-refractivity contribution in [1.29, 1.82) is 0 Å². The van der Waals surface area contributed by atoms with Gasteiger partial charge < -0.3 is 5.32 Å². The Morgan fingerprint density at radius 1 is 1.41 bits per heavy atom. The van der Waals surface area contributed by atoms with Crippen LogP contribution in [0.3, 0.4) is 0 Å². The first-order valence-corrected chi connectivity index (χ1v) is 9.73. The van der Waals surface area contributed by atoms with E-state index in [-0.39, 0.29) is 29.2 Å². The van der Waals surface area contributed by atoms with Crippen LogP contribution in [-0.2, 0) is 19.7 Å². The molecule has 1 saturated heterocycles. The third-order valence-corrected chi connectivity index (χ3v) is 5.87. The molecular weight excluding hydrogens is 262 g/mol. The Morgan fingerprint density at radius 3 is 2.47 bits per heavy atom. The molecule has 0 radical (unpaired) electrons. The second-order valence-corrected chi connectivity index (χ2v) is 9.23. The normalized spacial score (nSPS) is 25.9. The van der Waals surface area contributed by atoms with Gasteiger partial charge in [0.15, 0.2) is 9.84 Å². The van der Waals surface area contributed by atoms with Crippen LogP contribution in [0.25, 0.3) is 0 Å². The van der Waals surface area contributed by atoms with Gasteiger partial charge in [0.05, 0.1) is 17.3 Å². The van der Waals surface area contributed by atoms with Crippen molar-refractivity contribution in [2.24, 2.45) is 5.92 Å². The molecule has 1 heterocycles. The Kier molecular flexibility index (Phi) is 4.97. The quantitative estimate of drug-likeness (QED) is 0.732. The van der Waals surface area contributed by atoms with E-state index in [4.69, 9.17) is 0 Å². The van der Waals surface area contributed by atoms with Crippen LogP contribution in [0.1, 0.15) is 19.8 Å². The third-order valence-electron chi connectivity index (χ3n) is 3.10. The lowest BCUT2D eigenvalue weighted by molar-refractivity contribution is 0.379. The van der Waals surface area contributed by atoms with Gasteiger partial charge in [-0.1, -0.05) is 6.92 Å². The molecule has 0 aromatic carbocycles. The highest BCUT2D eigenvalue weighted by Gasteiger charge is 2.33. The molecule has 0 amide bonds. The maximum atomic E-state index is 11.4. The van der Waals surface area contributed by atoms with E-state index < -0.39 is 19.7 Å². The standard InChI is InChI=1S/C10H21NO4S2/c1-3-11-10(5-6-16(2,12)13)9-4-7-17(14,15)8-9/h9-11H,3-8H2,1-2H3. The van der Waals surface area contributed by atoms with Gasteiger partial charge >= 0.3 is 0 Å². The van der Waals surface area contributed by atoms with Gasteiger partial charge in [0, 0.05) is 12.3 Å². The molecule has 17 heavy (non-hydrogen) atoms. The maximum absolute atomic E-state index is 11.4. The molecule has 1 aliphatic heterocycles. The molecule has 0 spiro atoms. The van der Waals surface area contributed by atoms with Crippen molar-refractivity contribution >= 4 is 19.7 Å². The third kappa shape index (κ3) is 5.35. The van der Waals surface area contributed by atoms with Crippen LogP contribution in [-0.4, -0.2) is 52.9 Å². The number of hydrogen-bond acceptors (Lipinski definition) is 5. The Hall–Kier alpha value is -0.140. The molecule has 1 N–H and O–H groups in total. The molecule has 0 bridgehead atoms. The van der Waals surface area contributed by atoms with Gasteiger partial charge in [0.2, 0.25) is 0 Å². The number of nitrogens with one attached hydrogen (secondary N) is 1. The number of hydrogen-bond donors (Lipinski definition) is 1. The van der Waals surface area contributed by atoms with E-state index in [1.54, 1.807) is 0 Å². The fourth-order valence-corrected chi connectivity index (χ4v) is 4.81. The van der Waals surface area contributed by atoms with Crippen LogP contribution in [0.15, 0.2) is 0 Å². The molecule has 1 aliphatic rings. The second kappa shape index (κ2) is 5.67. The molecule has 2 unspecified atom stereocenters. The lowest BCUT2D eigenvalue weighted by atomic mass is 9.97. The molecule has 7 heteroatoms. The molecule has 0 aromatic rings. The van der Waals surface area contributed by atoms with Crippen molar-refractivity contribution in [1.82, 2.24) is 5.32 Å². The minimum absolute atomic E-state index is 0.00741. The van der Waals surface area contributed by atoms with E-state index in [2.05, 4.69) is 5.32 Å². The molecular formula is C10H21NO4S2. The fourth-order valence-electron chi connectivity index (χ4n) is 2.25. The summed E-state index contributed by atoms with van der Waals surface area (Å²) in [5.74, 6) is 0.593. The molecule has 1 fully saturated rings. The SMILES string of the molecule is CCNC(CCS(C)(=O)=O)C1CCS(=O)(=O)C1. The molecule has 5 nitrogen and oxygen atoms in total. The summed E-state index contributed by atoms with van der Waals surface area (Å²) in [6.45, 7) is 2.67. The van der Waals surface area contributed by atoms with Crippen molar-refractivity contribution in [3.63, 3.8) is 0 Å². The van der Waals surface area contributed by atoms with Gasteiger partial charge in [-0.25, -0.2) is 16.8 Å². The average Bonchev–Trinajstić information content (AvgIpc) is 2.52. The van der Waals surface area contributed by atoms with Gasteiger partial charge in [-0.05, 0) is 25.3 Å². The summed E-state index contributed by atoms with van der Waals surface area (Å²) in [7, 11) is -5.89. The lowest BCUT2D eigenvalue weighted by Crippen LogP contribution is -2.38. The zero-order valence-corrected chi connectivity index (χ0v) is 12.0. The molecule has 102 valence electrons. The van der Waals surface area contributed by atoms with Gasteiger partial charge in [-0.3, -0.25) is 0 Å². The molecule has 2 atom stereocenters. The first-order chi connectivity index (χ1) is 7.73. The summed E-state index contributed by atoms with van der Waals surface area (Å²) in [5, 5.41) is 3.21. The monoisotopic (exact) mass is 283 g/mol. The highest BCUT2D eigenvalue weighted by atomic mass is 32.2. The summed E-state index contributed by atoms with van der Waals surface area (Å²) in [5.41, 5.74) is 0. The van der Waals surface area contributed by atoms with Gasteiger partial charge in [0.1, 0.15) is 9.84 Å². The van der Waals surface area contributed by atoms with Crippen molar-refractivity contribution in [3.05, 3.63) is 0 Å². The average molecular weight is 283 g/mol. The number of rotatable bonds is 6. The second-order valence-electron chi connectivity index (χ2n) is 4.75. The summed E-state index contributed by atoms with van der Waals surface area (Å²) in [4.78, 5) is 0. The maximum Gasteiger partial charge on any atom is 0.150 e. The van der Waals surface area contributed by atoms with E-state index in [1.165, 1.54) is 6.26 Å². The summed E-state index contributed by atoms with van der Waals surface area (Å²) in [6, 6.07) is -0.00741. The van der Waals surface area contributed by atoms with E-state index in [1.807, 2.05) is 6.92 Å². The van der Waals surface area contributed by atoms with Crippen molar-refractivity contribution in [3.8, 4) is 0 Å². The fraction of sp³-hybridized carbons (Fsp3) is 1.00. The highest BCUT2D eigenvalue weighted by molar-refractivity contribution is 7.91. The number of sulfone groups is 2. The topological polar surface area (TPSA) is 80.3 Å². The zero-order chi connectivity index (χ0) is 13.1. The van der Waals surface area contributed by atoms with E-state index in [9.17, 15) is 16.8 Å². The van der Waals surface area contributed by atoms with Crippen LogP contribution >= 0.6 is 0 Å². The Bertz CT molecular complexity index is 441. The molecule has 0 saturated carbocycles. The smallest absolute Gasteiger partial charge is 0.150 e. The first kappa shape index (κ1) is 14.9. The predicted octanol–water partition coefficient (Wildman–Crippen LogP) is -0.166. The highest BCUT2D eigenvalue weighted by Crippen LogP contribution is 2.23. The van der Waals surface area contributed by atoms with Crippen molar-refractivity contribution in [2.75, 3.05) is 30.1 Å². The van der Waals surface area contributed by atoms with Gasteiger partial charge in [-0.15, -0.1) is 0 Å². The zero-order valence-electron chi connectivity index (χ0n) is 10.3. The predicted molar refractivity (Wildman–Crippen MR) is 68.6 cm³/mol. The van der Waals surface area contributed by atoms with Crippen LogP contribution in [0, 0.1) is 5.92 Å². The summed E-state index contributed by atoms with van der Waals surface area (Å²) >= 11 is 0. The minimum Gasteiger partial charge on any atom is -0.314 e. The molecule has 0 aromatic heterocycles. The van der Waals surface area contributed by atoms with Crippen molar-refractivity contribution in [2.45, 2.75) is 25.8 Å². The summed E-state index contributed by atoms with van der Waals surface area (Å²) < 4.78 is 45.1. The van der Waals surface area contributed by atoms with Crippen LogP contribution in [0.5, 0.6) is 0 Å².